The Balaban J connectivity index is 4.48. The van der Waals surface area contributed by atoms with Crippen molar-refractivity contribution in [1.82, 2.24) is 0 Å². The smallest absolute Gasteiger partial charge is 0.166 e. The van der Waals surface area contributed by atoms with Gasteiger partial charge in [0.2, 0.25) is 0 Å². The molecule has 0 fully saturated rings. The highest BCUT2D eigenvalue weighted by molar-refractivity contribution is 6.13. The van der Waals surface area contributed by atoms with Gasteiger partial charge in [0.25, 0.3) is 0 Å². The van der Waals surface area contributed by atoms with Gasteiger partial charge in [0.15, 0.2) is 5.41 Å². The SMILES string of the molecule is CCCCOC(CC)C([SiH3])(OCCCC)OCCCC. The average Bonchev–Trinajstić information content (AvgIpc) is 2.44. The van der Waals surface area contributed by atoms with Crippen LogP contribution in [0, 0.1) is 0 Å². The van der Waals surface area contributed by atoms with Crippen molar-refractivity contribution in [2.45, 2.75) is 84.2 Å². The number of unbranched alkanes of at least 4 members (excludes halogenated alkanes) is 3. The Morgan fingerprint density at radius 2 is 1.25 bits per heavy atom. The van der Waals surface area contributed by atoms with E-state index >= 15 is 0 Å². The lowest BCUT2D eigenvalue weighted by atomic mass is 10.2. The van der Waals surface area contributed by atoms with Gasteiger partial charge in [-0.1, -0.05) is 47.0 Å². The van der Waals surface area contributed by atoms with E-state index in [-0.39, 0.29) is 6.10 Å². The second-order valence-corrected chi connectivity index (χ2v) is 6.94. The third kappa shape index (κ3) is 8.40. The first-order chi connectivity index (χ1) is 9.64. The summed E-state index contributed by atoms with van der Waals surface area (Å²) in [6.45, 7) is 11.1. The summed E-state index contributed by atoms with van der Waals surface area (Å²) in [5.74, 6) is 0. The molecule has 0 aliphatic heterocycles. The molecule has 0 aromatic heterocycles. The fourth-order valence-corrected chi connectivity index (χ4v) is 3.06. The zero-order valence-electron chi connectivity index (χ0n) is 14.4. The molecule has 4 heteroatoms. The molecule has 0 aliphatic rings. The van der Waals surface area contributed by atoms with Gasteiger partial charge in [-0.2, -0.15) is 0 Å². The fourth-order valence-electron chi connectivity index (χ4n) is 2.08. The van der Waals surface area contributed by atoms with Crippen LogP contribution in [0.25, 0.3) is 0 Å². The molecule has 1 atom stereocenters. The van der Waals surface area contributed by atoms with Crippen LogP contribution in [0.15, 0.2) is 0 Å². The molecule has 0 radical (unpaired) electrons. The second-order valence-electron chi connectivity index (χ2n) is 5.54. The van der Waals surface area contributed by atoms with E-state index in [1.165, 1.54) is 0 Å². The molecule has 122 valence electrons. The molecule has 0 saturated carbocycles. The molecule has 0 aromatic rings. The predicted molar refractivity (Wildman–Crippen MR) is 89.3 cm³/mol. The largest absolute Gasteiger partial charge is 0.373 e. The van der Waals surface area contributed by atoms with Gasteiger partial charge in [0, 0.05) is 19.8 Å². The Labute approximate surface area is 129 Å². The zero-order chi connectivity index (χ0) is 15.3. The highest BCUT2D eigenvalue weighted by atomic mass is 28.1. The van der Waals surface area contributed by atoms with Crippen LogP contribution in [0.4, 0.5) is 0 Å². The van der Waals surface area contributed by atoms with E-state index in [4.69, 9.17) is 14.2 Å². The lowest BCUT2D eigenvalue weighted by molar-refractivity contribution is -0.241. The molecule has 20 heavy (non-hydrogen) atoms. The van der Waals surface area contributed by atoms with Crippen LogP contribution in [-0.2, 0) is 14.2 Å². The first kappa shape index (κ1) is 20.1. The van der Waals surface area contributed by atoms with Gasteiger partial charge < -0.3 is 14.2 Å². The van der Waals surface area contributed by atoms with E-state index in [9.17, 15) is 0 Å². The third-order valence-corrected chi connectivity index (χ3v) is 4.77. The maximum absolute atomic E-state index is 6.11. The first-order valence-electron chi connectivity index (χ1n) is 8.54. The normalized spacial score (nSPS) is 13.8. The minimum Gasteiger partial charge on any atom is -0.373 e. The molecule has 0 aromatic carbocycles. The van der Waals surface area contributed by atoms with Crippen LogP contribution in [0.2, 0.25) is 0 Å². The molecule has 0 rings (SSSR count). The highest BCUT2D eigenvalue weighted by Crippen LogP contribution is 2.22. The maximum atomic E-state index is 6.11. The molecule has 0 spiro atoms. The van der Waals surface area contributed by atoms with Crippen molar-refractivity contribution in [3.63, 3.8) is 0 Å². The molecule has 0 amide bonds. The zero-order valence-corrected chi connectivity index (χ0v) is 16.4. The predicted octanol–water partition coefficient (Wildman–Crippen LogP) is 3.23. The quantitative estimate of drug-likeness (QED) is 0.280. The molecular formula is C16H36O3Si. The number of hydrogen-bond donors (Lipinski definition) is 0. The maximum Gasteiger partial charge on any atom is 0.166 e. The van der Waals surface area contributed by atoms with Crippen molar-refractivity contribution < 1.29 is 14.2 Å². The molecular weight excluding hydrogens is 268 g/mol. The van der Waals surface area contributed by atoms with Crippen LogP contribution >= 0.6 is 0 Å². The topological polar surface area (TPSA) is 27.7 Å². The standard InChI is InChI=1S/C16H36O3Si/c1-5-9-12-17-15(8-4)16(20,18-13-10-6-2)19-14-11-7-3/h15H,5-14H2,1-4,20H3. The Morgan fingerprint density at radius 3 is 1.65 bits per heavy atom. The van der Waals surface area contributed by atoms with E-state index in [0.29, 0.717) is 0 Å². The van der Waals surface area contributed by atoms with Gasteiger partial charge in [0.1, 0.15) is 6.10 Å². The Bertz CT molecular complexity index is 202. The van der Waals surface area contributed by atoms with Crippen LogP contribution in [0.3, 0.4) is 0 Å². The van der Waals surface area contributed by atoms with Gasteiger partial charge in [-0.25, -0.2) is 0 Å². The van der Waals surface area contributed by atoms with E-state index in [1.807, 2.05) is 0 Å². The first-order valence-corrected chi connectivity index (χ1v) is 9.54. The Morgan fingerprint density at radius 1 is 0.800 bits per heavy atom. The summed E-state index contributed by atoms with van der Waals surface area (Å²) < 4.78 is 18.3. The minimum atomic E-state index is -0.465. The van der Waals surface area contributed by atoms with E-state index in [2.05, 4.69) is 27.7 Å². The summed E-state index contributed by atoms with van der Waals surface area (Å²) in [6.07, 6.45) is 7.79. The van der Waals surface area contributed by atoms with Gasteiger partial charge >= 0.3 is 0 Å². The van der Waals surface area contributed by atoms with Crippen molar-refractivity contribution in [2.24, 2.45) is 0 Å². The van der Waals surface area contributed by atoms with Crippen molar-refractivity contribution in [3.05, 3.63) is 0 Å². The summed E-state index contributed by atoms with van der Waals surface area (Å²) in [7, 11) is 0.844. The highest BCUT2D eigenvalue weighted by Gasteiger charge is 2.35. The summed E-state index contributed by atoms with van der Waals surface area (Å²) in [6, 6.07) is 0. The average molecular weight is 305 g/mol. The Hall–Kier alpha value is 0.0969. The summed E-state index contributed by atoms with van der Waals surface area (Å²) in [4.78, 5) is 0. The summed E-state index contributed by atoms with van der Waals surface area (Å²) >= 11 is 0. The summed E-state index contributed by atoms with van der Waals surface area (Å²) in [5.41, 5.74) is -0.465. The molecule has 0 N–H and O–H groups in total. The monoisotopic (exact) mass is 304 g/mol. The number of hydrogen-bond acceptors (Lipinski definition) is 3. The van der Waals surface area contributed by atoms with Crippen LogP contribution in [0.5, 0.6) is 0 Å². The minimum absolute atomic E-state index is 0.0782. The van der Waals surface area contributed by atoms with Crippen molar-refractivity contribution in [2.75, 3.05) is 19.8 Å². The number of ether oxygens (including phenoxy) is 3. The lowest BCUT2D eigenvalue weighted by Gasteiger charge is -2.37. The third-order valence-electron chi connectivity index (χ3n) is 3.55. The van der Waals surface area contributed by atoms with Crippen LogP contribution in [0.1, 0.15) is 72.6 Å². The molecule has 0 saturated heterocycles. The van der Waals surface area contributed by atoms with Crippen molar-refractivity contribution >= 4 is 10.2 Å². The van der Waals surface area contributed by atoms with Crippen LogP contribution in [-0.4, -0.2) is 41.6 Å². The molecule has 0 bridgehead atoms. The lowest BCUT2D eigenvalue weighted by Crippen LogP contribution is -2.50. The van der Waals surface area contributed by atoms with Gasteiger partial charge in [0.05, 0.1) is 10.2 Å². The summed E-state index contributed by atoms with van der Waals surface area (Å²) in [5, 5.41) is 0. The Kier molecular flexibility index (Phi) is 12.9. The number of rotatable bonds is 14. The molecule has 0 aliphatic carbocycles. The molecule has 1 unspecified atom stereocenters. The van der Waals surface area contributed by atoms with Gasteiger partial charge in [-0.05, 0) is 25.7 Å². The van der Waals surface area contributed by atoms with E-state index in [0.717, 1.165) is 75.0 Å². The molecule has 3 nitrogen and oxygen atoms in total. The fraction of sp³-hybridized carbons (Fsp3) is 1.00. The van der Waals surface area contributed by atoms with Crippen molar-refractivity contribution in [3.8, 4) is 0 Å². The van der Waals surface area contributed by atoms with Crippen LogP contribution < -0.4 is 0 Å². The van der Waals surface area contributed by atoms with E-state index in [1.54, 1.807) is 0 Å². The second kappa shape index (κ2) is 12.8. The van der Waals surface area contributed by atoms with Crippen molar-refractivity contribution in [1.29, 1.82) is 0 Å². The molecule has 0 heterocycles. The van der Waals surface area contributed by atoms with Gasteiger partial charge in [-0.3, -0.25) is 0 Å². The van der Waals surface area contributed by atoms with Gasteiger partial charge in [-0.15, -0.1) is 0 Å². The van der Waals surface area contributed by atoms with E-state index < -0.39 is 5.41 Å².